The van der Waals surface area contributed by atoms with Gasteiger partial charge in [0.25, 0.3) is 0 Å². The Morgan fingerprint density at radius 1 is 1.47 bits per heavy atom. The highest BCUT2D eigenvalue weighted by atomic mass is 35.5. The lowest BCUT2D eigenvalue weighted by Gasteiger charge is -2.12. The van der Waals surface area contributed by atoms with E-state index in [-0.39, 0.29) is 0 Å². The number of carbonyl (C=O) groups is 1. The van der Waals surface area contributed by atoms with Gasteiger partial charge >= 0.3 is 5.37 Å². The Morgan fingerprint density at radius 3 is 2.93 bits per heavy atom. The zero-order valence-corrected chi connectivity index (χ0v) is 9.81. The van der Waals surface area contributed by atoms with Gasteiger partial charge in [0.15, 0.2) is 0 Å². The Kier molecular flexibility index (Phi) is 2.93. The van der Waals surface area contributed by atoms with Gasteiger partial charge < -0.3 is 4.90 Å². The monoisotopic (exact) mass is 239 g/mol. The average Bonchev–Trinajstić information content (AvgIpc) is 2.62. The summed E-state index contributed by atoms with van der Waals surface area (Å²) in [6.45, 7) is 0.562. The van der Waals surface area contributed by atoms with Gasteiger partial charge in [-0.1, -0.05) is 18.2 Å². The van der Waals surface area contributed by atoms with E-state index in [4.69, 9.17) is 11.6 Å². The van der Waals surface area contributed by atoms with Crippen LogP contribution in [0, 0.1) is 0 Å². The lowest BCUT2D eigenvalue weighted by Crippen LogP contribution is -2.19. The first-order valence-corrected chi connectivity index (χ1v) is 5.80. The van der Waals surface area contributed by atoms with E-state index in [2.05, 4.69) is 17.5 Å². The van der Waals surface area contributed by atoms with Crippen molar-refractivity contribution in [2.45, 2.75) is 6.54 Å². The molecule has 0 saturated carbocycles. The third-order valence-electron chi connectivity index (χ3n) is 2.27. The first-order chi connectivity index (χ1) is 7.18. The molecule has 0 N–H and O–H groups in total. The van der Waals surface area contributed by atoms with Crippen LogP contribution in [0.25, 0.3) is 10.1 Å². The van der Waals surface area contributed by atoms with E-state index in [0.717, 1.165) is 5.56 Å². The van der Waals surface area contributed by atoms with Crippen LogP contribution in [-0.2, 0) is 6.54 Å². The van der Waals surface area contributed by atoms with Crippen molar-refractivity contribution in [3.8, 4) is 0 Å². The van der Waals surface area contributed by atoms with Crippen LogP contribution >= 0.6 is 22.9 Å². The lowest BCUT2D eigenvalue weighted by atomic mass is 10.2. The van der Waals surface area contributed by atoms with Crippen molar-refractivity contribution in [2.24, 2.45) is 0 Å². The van der Waals surface area contributed by atoms with Gasteiger partial charge in [-0.15, -0.1) is 11.3 Å². The van der Waals surface area contributed by atoms with Gasteiger partial charge in [-0.05, 0) is 34.0 Å². The van der Waals surface area contributed by atoms with Gasteiger partial charge in [0.1, 0.15) is 0 Å². The number of carbonyl (C=O) groups excluding carboxylic acids is 1. The summed E-state index contributed by atoms with van der Waals surface area (Å²) >= 11 is 7.07. The minimum Gasteiger partial charge on any atom is -0.328 e. The number of hydrogen-bond acceptors (Lipinski definition) is 2. The molecule has 1 aromatic carbocycles. The summed E-state index contributed by atoms with van der Waals surface area (Å²) in [6.07, 6.45) is 0. The standard InChI is InChI=1S/C11H10ClNOS/c1-13(11(12)14)6-8-7-15-10-5-3-2-4-9(8)10/h2-5,7H,6H2,1H3. The number of halogens is 1. The summed E-state index contributed by atoms with van der Waals surface area (Å²) in [5, 5.41) is 2.85. The molecule has 0 bridgehead atoms. The van der Waals surface area contributed by atoms with Gasteiger partial charge in [-0.3, -0.25) is 4.79 Å². The fourth-order valence-corrected chi connectivity index (χ4v) is 2.49. The molecule has 2 nitrogen and oxygen atoms in total. The summed E-state index contributed by atoms with van der Waals surface area (Å²) in [5.74, 6) is 0. The zero-order chi connectivity index (χ0) is 10.8. The molecule has 1 aromatic heterocycles. The molecule has 0 atom stereocenters. The molecular formula is C11H10ClNOS. The molecule has 0 radical (unpaired) electrons. The molecule has 0 saturated heterocycles. The lowest BCUT2D eigenvalue weighted by molar-refractivity contribution is 0.230. The van der Waals surface area contributed by atoms with Crippen LogP contribution in [0.2, 0.25) is 0 Å². The number of fused-ring (bicyclic) bond motifs is 1. The second kappa shape index (κ2) is 4.21. The average molecular weight is 240 g/mol. The van der Waals surface area contributed by atoms with Gasteiger partial charge in [0.05, 0.1) is 0 Å². The van der Waals surface area contributed by atoms with Gasteiger partial charge in [-0.2, -0.15) is 0 Å². The normalized spacial score (nSPS) is 10.5. The number of rotatable bonds is 2. The maximum Gasteiger partial charge on any atom is 0.316 e. The van der Waals surface area contributed by atoms with Crippen molar-refractivity contribution >= 4 is 38.4 Å². The predicted molar refractivity (Wildman–Crippen MR) is 64.5 cm³/mol. The molecule has 1 amide bonds. The summed E-state index contributed by atoms with van der Waals surface area (Å²) in [6, 6.07) is 8.15. The quantitative estimate of drug-likeness (QED) is 0.578. The van der Waals surface area contributed by atoms with Crippen LogP contribution in [0.15, 0.2) is 29.6 Å². The number of nitrogens with zero attached hydrogens (tertiary/aromatic N) is 1. The van der Waals surface area contributed by atoms with E-state index in [1.165, 1.54) is 15.0 Å². The molecule has 0 aliphatic heterocycles. The molecule has 1 heterocycles. The van der Waals surface area contributed by atoms with Gasteiger partial charge in [-0.25, -0.2) is 0 Å². The molecule has 2 rings (SSSR count). The summed E-state index contributed by atoms with van der Waals surface area (Å²) in [7, 11) is 1.70. The highest BCUT2D eigenvalue weighted by Crippen LogP contribution is 2.26. The number of amides is 1. The van der Waals surface area contributed by atoms with E-state index in [0.29, 0.717) is 6.54 Å². The van der Waals surface area contributed by atoms with Crippen molar-refractivity contribution in [3.05, 3.63) is 35.2 Å². The predicted octanol–water partition coefficient (Wildman–Crippen LogP) is 3.69. The number of hydrogen-bond donors (Lipinski definition) is 0. The first-order valence-electron chi connectivity index (χ1n) is 4.54. The molecule has 0 fully saturated rings. The van der Waals surface area contributed by atoms with E-state index in [9.17, 15) is 4.79 Å². The maximum atomic E-state index is 10.9. The van der Waals surface area contributed by atoms with Crippen molar-refractivity contribution in [1.29, 1.82) is 0 Å². The van der Waals surface area contributed by atoms with E-state index in [1.54, 1.807) is 18.4 Å². The van der Waals surface area contributed by atoms with Crippen LogP contribution in [0.4, 0.5) is 4.79 Å². The van der Waals surface area contributed by atoms with Crippen LogP contribution in [-0.4, -0.2) is 17.3 Å². The Morgan fingerprint density at radius 2 is 2.20 bits per heavy atom. The Bertz CT molecular complexity index is 494. The van der Waals surface area contributed by atoms with E-state index in [1.807, 2.05) is 12.1 Å². The fourth-order valence-electron chi connectivity index (χ4n) is 1.47. The smallest absolute Gasteiger partial charge is 0.316 e. The Hall–Kier alpha value is -1.06. The second-order valence-electron chi connectivity index (χ2n) is 3.37. The van der Waals surface area contributed by atoms with Crippen LogP contribution in [0.3, 0.4) is 0 Å². The van der Waals surface area contributed by atoms with Crippen molar-refractivity contribution in [1.82, 2.24) is 4.90 Å². The van der Waals surface area contributed by atoms with Crippen LogP contribution in [0.5, 0.6) is 0 Å². The molecule has 0 aliphatic carbocycles. The molecule has 0 aliphatic rings. The topological polar surface area (TPSA) is 20.3 Å². The molecule has 78 valence electrons. The van der Waals surface area contributed by atoms with Crippen LogP contribution < -0.4 is 0 Å². The molecule has 2 aromatic rings. The minimum atomic E-state index is -0.426. The summed E-state index contributed by atoms with van der Waals surface area (Å²) in [4.78, 5) is 12.4. The molecular weight excluding hydrogens is 230 g/mol. The van der Waals surface area contributed by atoms with E-state index < -0.39 is 5.37 Å². The van der Waals surface area contributed by atoms with Crippen molar-refractivity contribution in [2.75, 3.05) is 7.05 Å². The second-order valence-corrected chi connectivity index (χ2v) is 4.60. The minimum absolute atomic E-state index is 0.426. The van der Waals surface area contributed by atoms with Crippen molar-refractivity contribution < 1.29 is 4.79 Å². The fraction of sp³-hybridized carbons (Fsp3) is 0.182. The first kappa shape index (κ1) is 10.5. The van der Waals surface area contributed by atoms with Gasteiger partial charge in [0.2, 0.25) is 0 Å². The van der Waals surface area contributed by atoms with Crippen LogP contribution in [0.1, 0.15) is 5.56 Å². The summed E-state index contributed by atoms with van der Waals surface area (Å²) < 4.78 is 1.24. The third kappa shape index (κ3) is 2.13. The highest BCUT2D eigenvalue weighted by molar-refractivity contribution is 7.17. The molecule has 0 unspecified atom stereocenters. The number of thiophene rings is 1. The number of benzene rings is 1. The molecule has 15 heavy (non-hydrogen) atoms. The summed E-state index contributed by atoms with van der Waals surface area (Å²) in [5.41, 5.74) is 1.15. The zero-order valence-electron chi connectivity index (χ0n) is 8.24. The maximum absolute atomic E-state index is 10.9. The Labute approximate surface area is 97.1 Å². The molecule has 4 heteroatoms. The largest absolute Gasteiger partial charge is 0.328 e. The SMILES string of the molecule is CN(Cc1csc2ccccc12)C(=O)Cl. The Balaban J connectivity index is 2.32. The van der Waals surface area contributed by atoms with E-state index >= 15 is 0 Å². The van der Waals surface area contributed by atoms with Gasteiger partial charge in [0, 0.05) is 18.3 Å². The molecule has 0 spiro atoms. The van der Waals surface area contributed by atoms with Crippen molar-refractivity contribution in [3.63, 3.8) is 0 Å². The highest BCUT2D eigenvalue weighted by Gasteiger charge is 2.09. The third-order valence-corrected chi connectivity index (χ3v) is 3.57.